The largest absolute Gasteiger partial charge is 0.395 e. The van der Waals surface area contributed by atoms with Crippen molar-refractivity contribution in [2.75, 3.05) is 18.5 Å². The van der Waals surface area contributed by atoms with E-state index in [4.69, 9.17) is 16.7 Å². The maximum atomic E-state index is 12.7. The summed E-state index contributed by atoms with van der Waals surface area (Å²) in [6.07, 6.45) is 4.56. The van der Waals surface area contributed by atoms with E-state index in [1.165, 1.54) is 36.1 Å². The number of rotatable bonds is 8. The van der Waals surface area contributed by atoms with Crippen LogP contribution in [0.5, 0.6) is 0 Å². The molecule has 0 aliphatic heterocycles. The number of hydrogen-bond donors (Lipinski definition) is 3. The Balaban J connectivity index is 1.60. The minimum absolute atomic E-state index is 0.0192. The summed E-state index contributed by atoms with van der Waals surface area (Å²) in [5.74, 6) is 5.22. The summed E-state index contributed by atoms with van der Waals surface area (Å²) in [5.41, 5.74) is 0.950. The summed E-state index contributed by atoms with van der Waals surface area (Å²) in [7, 11) is 0. The van der Waals surface area contributed by atoms with Crippen molar-refractivity contribution in [3.8, 4) is 11.8 Å². The summed E-state index contributed by atoms with van der Waals surface area (Å²) in [6.45, 7) is 7.67. The van der Waals surface area contributed by atoms with Crippen LogP contribution < -0.4 is 10.6 Å². The molecule has 0 aliphatic carbocycles. The Morgan fingerprint density at radius 2 is 1.97 bits per heavy atom. The lowest BCUT2D eigenvalue weighted by atomic mass is 9.92. The predicted molar refractivity (Wildman–Crippen MR) is 137 cm³/mol. The number of nitrogens with zero attached hydrogens (tertiary/aromatic N) is 5. The lowest BCUT2D eigenvalue weighted by molar-refractivity contribution is 0.0933. The number of hydrogen-bond acceptors (Lipinski definition) is 10. The number of anilines is 1. The van der Waals surface area contributed by atoms with Crippen molar-refractivity contribution in [1.29, 1.82) is 0 Å². The Labute approximate surface area is 218 Å². The fourth-order valence-corrected chi connectivity index (χ4v) is 4.16. The molecule has 0 aromatic carbocycles. The van der Waals surface area contributed by atoms with Crippen LogP contribution in [0.2, 0.25) is 5.02 Å². The van der Waals surface area contributed by atoms with Gasteiger partial charge in [-0.25, -0.2) is 24.9 Å². The van der Waals surface area contributed by atoms with Crippen LogP contribution in [-0.4, -0.2) is 54.9 Å². The molecule has 188 valence electrons. The van der Waals surface area contributed by atoms with Crippen molar-refractivity contribution < 1.29 is 14.7 Å². The molecular formula is C24H26ClN7O3S. The predicted octanol–water partition coefficient (Wildman–Crippen LogP) is 3.19. The minimum atomic E-state index is -0.454. The second kappa shape index (κ2) is 12.0. The van der Waals surface area contributed by atoms with Crippen LogP contribution in [0.15, 0.2) is 24.8 Å². The molecule has 3 aromatic heterocycles. The van der Waals surface area contributed by atoms with Crippen molar-refractivity contribution in [3.63, 3.8) is 0 Å². The van der Waals surface area contributed by atoms with Gasteiger partial charge in [-0.05, 0) is 12.8 Å². The maximum absolute atomic E-state index is 12.7. The highest BCUT2D eigenvalue weighted by Crippen LogP contribution is 2.27. The molecule has 1 amide bonds. The third-order valence-electron chi connectivity index (χ3n) is 4.73. The fourth-order valence-electron chi connectivity index (χ4n) is 2.93. The molecule has 1 atom stereocenters. The van der Waals surface area contributed by atoms with Gasteiger partial charge >= 0.3 is 0 Å². The molecule has 0 bridgehead atoms. The summed E-state index contributed by atoms with van der Waals surface area (Å²) in [4.78, 5) is 46.6. The van der Waals surface area contributed by atoms with Crippen LogP contribution in [0, 0.1) is 11.8 Å². The van der Waals surface area contributed by atoms with E-state index < -0.39 is 11.9 Å². The molecule has 1 unspecified atom stereocenters. The van der Waals surface area contributed by atoms with Crippen molar-refractivity contribution in [3.05, 3.63) is 56.8 Å². The number of carbonyl (C=O) groups excluding carboxylic acids is 2. The number of aliphatic hydroxyl groups is 1. The number of halogens is 1. The fraction of sp³-hybridized carbons (Fsp3) is 0.375. The Morgan fingerprint density at radius 1 is 1.19 bits per heavy atom. The number of thiazole rings is 1. The highest BCUT2D eigenvalue weighted by atomic mass is 35.5. The average molecular weight is 528 g/mol. The molecular weight excluding hydrogens is 502 g/mol. The molecule has 10 nitrogen and oxygen atoms in total. The first-order valence-corrected chi connectivity index (χ1v) is 12.3. The molecule has 0 fully saturated rings. The van der Waals surface area contributed by atoms with Gasteiger partial charge in [0.15, 0.2) is 5.78 Å². The molecule has 0 radical (unpaired) electrons. The molecule has 12 heteroatoms. The van der Waals surface area contributed by atoms with Crippen LogP contribution in [0.4, 0.5) is 5.95 Å². The van der Waals surface area contributed by atoms with Gasteiger partial charge in [0, 0.05) is 24.1 Å². The van der Waals surface area contributed by atoms with E-state index >= 15 is 0 Å². The molecule has 0 aliphatic rings. The molecule has 0 saturated heterocycles. The van der Waals surface area contributed by atoms with Crippen molar-refractivity contribution in [2.24, 2.45) is 0 Å². The minimum Gasteiger partial charge on any atom is -0.395 e. The van der Waals surface area contributed by atoms with Gasteiger partial charge in [-0.1, -0.05) is 38.3 Å². The number of aliphatic hydroxyl groups excluding tert-OH is 1. The average Bonchev–Trinajstić information content (AvgIpc) is 3.34. The topological polar surface area (TPSA) is 143 Å². The SMILES string of the molecule is CC(NC(=O)c1cc(C#CCCO)ncn1)c1ncc(C(=O)CNc2ncc(Cl)c(C(C)(C)C)n2)s1. The van der Waals surface area contributed by atoms with E-state index in [9.17, 15) is 9.59 Å². The van der Waals surface area contributed by atoms with E-state index in [-0.39, 0.29) is 30.0 Å². The van der Waals surface area contributed by atoms with Crippen LogP contribution in [0.25, 0.3) is 0 Å². The van der Waals surface area contributed by atoms with Gasteiger partial charge in [-0.2, -0.15) is 0 Å². The van der Waals surface area contributed by atoms with Gasteiger partial charge in [-0.15, -0.1) is 11.3 Å². The summed E-state index contributed by atoms with van der Waals surface area (Å²) in [5, 5.41) is 15.6. The zero-order valence-electron chi connectivity index (χ0n) is 20.3. The Morgan fingerprint density at radius 3 is 2.69 bits per heavy atom. The number of ketones is 1. The van der Waals surface area contributed by atoms with Crippen LogP contribution in [0.3, 0.4) is 0 Å². The van der Waals surface area contributed by atoms with E-state index in [0.29, 0.717) is 38.7 Å². The Hall–Kier alpha value is -3.46. The van der Waals surface area contributed by atoms with Crippen LogP contribution in [-0.2, 0) is 5.41 Å². The molecule has 0 spiro atoms. The zero-order valence-corrected chi connectivity index (χ0v) is 21.9. The quantitative estimate of drug-likeness (QED) is 0.297. The normalized spacial score (nSPS) is 11.8. The lowest BCUT2D eigenvalue weighted by Gasteiger charge is -2.19. The van der Waals surface area contributed by atoms with Gasteiger partial charge in [0.1, 0.15) is 22.7 Å². The van der Waals surface area contributed by atoms with Crippen molar-refractivity contribution in [2.45, 2.75) is 45.6 Å². The first-order valence-electron chi connectivity index (χ1n) is 11.1. The summed E-state index contributed by atoms with van der Waals surface area (Å²) >= 11 is 7.39. The third kappa shape index (κ3) is 7.27. The van der Waals surface area contributed by atoms with E-state index in [1.807, 2.05) is 20.8 Å². The van der Waals surface area contributed by atoms with Gasteiger partial charge in [-0.3, -0.25) is 9.59 Å². The van der Waals surface area contributed by atoms with Crippen molar-refractivity contribution >= 4 is 40.6 Å². The summed E-state index contributed by atoms with van der Waals surface area (Å²) in [6, 6.07) is 1.02. The van der Waals surface area contributed by atoms with E-state index in [2.05, 4.69) is 47.4 Å². The highest BCUT2D eigenvalue weighted by Gasteiger charge is 2.21. The molecule has 36 heavy (non-hydrogen) atoms. The smallest absolute Gasteiger partial charge is 0.270 e. The van der Waals surface area contributed by atoms with Crippen LogP contribution in [0.1, 0.15) is 76.7 Å². The molecule has 3 rings (SSSR count). The number of aromatic nitrogens is 5. The van der Waals surface area contributed by atoms with E-state index in [1.54, 1.807) is 6.92 Å². The van der Waals surface area contributed by atoms with Gasteiger partial charge in [0.2, 0.25) is 5.95 Å². The van der Waals surface area contributed by atoms with Crippen molar-refractivity contribution in [1.82, 2.24) is 30.2 Å². The highest BCUT2D eigenvalue weighted by molar-refractivity contribution is 7.13. The number of carbonyl (C=O) groups is 2. The monoisotopic (exact) mass is 527 g/mol. The zero-order chi connectivity index (χ0) is 26.3. The molecule has 3 N–H and O–H groups in total. The Kier molecular flexibility index (Phi) is 9.03. The second-order valence-electron chi connectivity index (χ2n) is 8.74. The molecule has 0 saturated carbocycles. The van der Waals surface area contributed by atoms with Gasteiger partial charge in [0.05, 0.1) is 41.0 Å². The second-order valence-corrected chi connectivity index (χ2v) is 10.2. The number of Topliss-reactive ketones (excluding diaryl/α,β-unsaturated/α-hetero) is 1. The van der Waals surface area contributed by atoms with Crippen LogP contribution >= 0.6 is 22.9 Å². The third-order valence-corrected chi connectivity index (χ3v) is 6.23. The standard InChI is InChI=1S/C24H26ClN7O3S/c1-14(31-21(35)17-9-15(29-13-30-17)7-5-6-8-33)22-26-12-19(36-22)18(34)11-28-23-27-10-16(25)20(32-23)24(2,3)4/h9-10,12-14,33H,6,8,11H2,1-4H3,(H,31,35)(H,27,28,32). The van der Waals surface area contributed by atoms with E-state index in [0.717, 1.165) is 0 Å². The lowest BCUT2D eigenvalue weighted by Crippen LogP contribution is -2.27. The van der Waals surface area contributed by atoms with Gasteiger partial charge < -0.3 is 15.7 Å². The number of nitrogens with one attached hydrogen (secondary N) is 2. The Bertz CT molecular complexity index is 1310. The number of amides is 1. The van der Waals surface area contributed by atoms with Gasteiger partial charge in [0.25, 0.3) is 5.91 Å². The first-order chi connectivity index (χ1) is 17.1. The summed E-state index contributed by atoms with van der Waals surface area (Å²) < 4.78 is 0. The molecule has 3 heterocycles. The molecule has 3 aromatic rings. The first kappa shape index (κ1) is 27.1. The maximum Gasteiger partial charge on any atom is 0.270 e.